The number of nitrogens with zero attached hydrogens (tertiary/aromatic N) is 1. The quantitative estimate of drug-likeness (QED) is 0.439. The number of esters is 1. The fourth-order valence-electron chi connectivity index (χ4n) is 2.13. The Morgan fingerprint density at radius 3 is 2.48 bits per heavy atom. The summed E-state index contributed by atoms with van der Waals surface area (Å²) in [6, 6.07) is 7.39. The highest BCUT2D eigenvalue weighted by atomic mass is 35.5. The van der Waals surface area contributed by atoms with Crippen molar-refractivity contribution < 1.29 is 23.6 Å². The van der Waals surface area contributed by atoms with Crippen molar-refractivity contribution in [1.29, 1.82) is 0 Å². The predicted octanol–water partition coefficient (Wildman–Crippen LogP) is 3.61. The molecule has 2 aromatic rings. The number of nitrogens with one attached hydrogen (secondary N) is 2. The van der Waals surface area contributed by atoms with Crippen LogP contribution in [0.25, 0.3) is 0 Å². The van der Waals surface area contributed by atoms with Crippen LogP contribution in [0.4, 0.5) is 21.5 Å². The van der Waals surface area contributed by atoms with E-state index in [4.69, 9.17) is 16.3 Å². The van der Waals surface area contributed by atoms with E-state index in [0.717, 1.165) is 12.1 Å². The molecule has 0 aliphatic carbocycles. The summed E-state index contributed by atoms with van der Waals surface area (Å²) in [7, 11) is 1.50. The lowest BCUT2D eigenvalue weighted by Crippen LogP contribution is -2.30. The number of nitro groups is 1. The topological polar surface area (TPSA) is 111 Å². The van der Waals surface area contributed by atoms with Gasteiger partial charge in [-0.1, -0.05) is 11.6 Å². The third-order valence-electron chi connectivity index (χ3n) is 3.54. The Kier molecular flexibility index (Phi) is 6.30. The molecular weight excluding hydrogens is 381 g/mol. The van der Waals surface area contributed by atoms with Crippen molar-refractivity contribution in [2.24, 2.45) is 0 Å². The van der Waals surface area contributed by atoms with Crippen molar-refractivity contribution in [2.75, 3.05) is 17.7 Å². The first kappa shape index (κ1) is 20.1. The monoisotopic (exact) mass is 395 g/mol. The number of anilines is 2. The lowest BCUT2D eigenvalue weighted by molar-refractivity contribution is -0.384. The Bertz CT molecular complexity index is 906. The van der Waals surface area contributed by atoms with Gasteiger partial charge in [-0.05, 0) is 37.3 Å². The van der Waals surface area contributed by atoms with Crippen LogP contribution in [0, 0.1) is 15.9 Å². The average molecular weight is 396 g/mol. The Balaban J connectivity index is 2.09. The normalized spacial score (nSPS) is 11.4. The zero-order valence-electron chi connectivity index (χ0n) is 14.3. The molecule has 0 radical (unpaired) electrons. The molecule has 0 heterocycles. The molecule has 0 fully saturated rings. The molecule has 0 spiro atoms. The van der Waals surface area contributed by atoms with Crippen LogP contribution in [0.1, 0.15) is 17.3 Å². The molecule has 0 aliphatic rings. The minimum absolute atomic E-state index is 0.0991. The zero-order chi connectivity index (χ0) is 20.1. The fourth-order valence-corrected chi connectivity index (χ4v) is 2.29. The first-order chi connectivity index (χ1) is 12.7. The summed E-state index contributed by atoms with van der Waals surface area (Å²) >= 11 is 5.63. The molecule has 2 aromatic carbocycles. The molecule has 8 nitrogen and oxygen atoms in total. The summed E-state index contributed by atoms with van der Waals surface area (Å²) in [6.45, 7) is 1.29. The third kappa shape index (κ3) is 4.91. The zero-order valence-corrected chi connectivity index (χ0v) is 15.0. The number of hydrogen-bond acceptors (Lipinski definition) is 6. The maximum atomic E-state index is 13.7. The highest BCUT2D eigenvalue weighted by Gasteiger charge is 2.22. The summed E-state index contributed by atoms with van der Waals surface area (Å²) in [5.41, 5.74) is -0.313. The van der Waals surface area contributed by atoms with Crippen LogP contribution in [0.2, 0.25) is 5.02 Å². The summed E-state index contributed by atoms with van der Waals surface area (Å²) in [5, 5.41) is 16.1. The van der Waals surface area contributed by atoms with Gasteiger partial charge in [0.25, 0.3) is 11.6 Å². The second-order valence-electron chi connectivity index (χ2n) is 5.40. The van der Waals surface area contributed by atoms with E-state index in [-0.39, 0.29) is 27.6 Å². The van der Waals surface area contributed by atoms with Crippen molar-refractivity contribution in [3.05, 3.63) is 62.9 Å². The molecule has 0 saturated carbocycles. The molecular formula is C17H15ClFN3O5. The van der Waals surface area contributed by atoms with Crippen molar-refractivity contribution in [3.63, 3.8) is 0 Å². The molecule has 142 valence electrons. The first-order valence-corrected chi connectivity index (χ1v) is 8.03. The molecule has 2 N–H and O–H groups in total. The van der Waals surface area contributed by atoms with Crippen LogP contribution >= 0.6 is 11.6 Å². The molecule has 0 aromatic heterocycles. The SMILES string of the molecule is CNc1ccc(C(=O)O[C@H](C)C(=O)Nc2ccc(Cl)cc2F)cc1[N+](=O)[O-]. The molecule has 1 atom stereocenters. The Hall–Kier alpha value is -3.20. The van der Waals surface area contributed by atoms with Gasteiger partial charge in [0.1, 0.15) is 11.5 Å². The smallest absolute Gasteiger partial charge is 0.339 e. The van der Waals surface area contributed by atoms with Crippen LogP contribution in [0.3, 0.4) is 0 Å². The standard InChI is InChI=1S/C17H15ClFN3O5/c1-9(16(23)21-13-6-4-11(18)8-12(13)19)27-17(24)10-3-5-14(20-2)15(7-10)22(25)26/h3-9,20H,1-2H3,(H,21,23)/t9-/m1/s1. The second-order valence-corrected chi connectivity index (χ2v) is 5.84. The number of halogens is 2. The summed E-state index contributed by atoms with van der Waals surface area (Å²) in [5.74, 6) is -2.45. The summed E-state index contributed by atoms with van der Waals surface area (Å²) < 4.78 is 18.7. The van der Waals surface area contributed by atoms with Gasteiger partial charge in [-0.2, -0.15) is 0 Å². The molecule has 0 saturated heterocycles. The molecule has 1 amide bonds. The highest BCUT2D eigenvalue weighted by Crippen LogP contribution is 2.25. The minimum atomic E-state index is -1.27. The van der Waals surface area contributed by atoms with Gasteiger partial charge < -0.3 is 15.4 Å². The Morgan fingerprint density at radius 1 is 1.22 bits per heavy atom. The van der Waals surface area contributed by atoms with Crippen molar-refractivity contribution in [2.45, 2.75) is 13.0 Å². The van der Waals surface area contributed by atoms with E-state index in [0.29, 0.717) is 0 Å². The largest absolute Gasteiger partial charge is 0.449 e. The third-order valence-corrected chi connectivity index (χ3v) is 3.78. The van der Waals surface area contributed by atoms with Gasteiger partial charge in [-0.3, -0.25) is 14.9 Å². The maximum absolute atomic E-state index is 13.7. The average Bonchev–Trinajstić information content (AvgIpc) is 2.63. The number of carbonyl (C=O) groups excluding carboxylic acids is 2. The number of nitro benzene ring substituents is 1. The summed E-state index contributed by atoms with van der Waals surface area (Å²) in [4.78, 5) is 34.6. The molecule has 2 rings (SSSR count). The molecule has 0 unspecified atom stereocenters. The Labute approximate surface area is 158 Å². The minimum Gasteiger partial charge on any atom is -0.449 e. The lowest BCUT2D eigenvalue weighted by atomic mass is 10.1. The number of hydrogen-bond donors (Lipinski definition) is 2. The molecule has 0 bridgehead atoms. The van der Waals surface area contributed by atoms with Crippen molar-refractivity contribution >= 4 is 40.5 Å². The van der Waals surface area contributed by atoms with Crippen LogP contribution < -0.4 is 10.6 Å². The highest BCUT2D eigenvalue weighted by molar-refractivity contribution is 6.30. The summed E-state index contributed by atoms with van der Waals surface area (Å²) in [6.07, 6.45) is -1.27. The van der Waals surface area contributed by atoms with Crippen molar-refractivity contribution in [1.82, 2.24) is 0 Å². The van der Waals surface area contributed by atoms with Crippen LogP contribution in [-0.2, 0) is 9.53 Å². The first-order valence-electron chi connectivity index (χ1n) is 7.66. The van der Waals surface area contributed by atoms with Gasteiger partial charge in [-0.25, -0.2) is 9.18 Å². The van der Waals surface area contributed by atoms with Gasteiger partial charge in [-0.15, -0.1) is 0 Å². The number of benzene rings is 2. The van der Waals surface area contributed by atoms with E-state index in [1.165, 1.54) is 38.2 Å². The lowest BCUT2D eigenvalue weighted by Gasteiger charge is -2.14. The number of ether oxygens (including phenoxy) is 1. The van der Waals surface area contributed by atoms with E-state index in [1.807, 2.05) is 0 Å². The predicted molar refractivity (Wildman–Crippen MR) is 97.6 cm³/mol. The number of carbonyl (C=O) groups is 2. The van der Waals surface area contributed by atoms with E-state index in [2.05, 4.69) is 10.6 Å². The maximum Gasteiger partial charge on any atom is 0.339 e. The molecule has 27 heavy (non-hydrogen) atoms. The van der Waals surface area contributed by atoms with Gasteiger partial charge in [0.05, 0.1) is 16.2 Å². The van der Waals surface area contributed by atoms with Crippen LogP contribution in [0.5, 0.6) is 0 Å². The van der Waals surface area contributed by atoms with Gasteiger partial charge in [0, 0.05) is 18.1 Å². The van der Waals surface area contributed by atoms with Crippen LogP contribution in [-0.4, -0.2) is 30.0 Å². The van der Waals surface area contributed by atoms with Crippen LogP contribution in [0.15, 0.2) is 36.4 Å². The molecule has 10 heteroatoms. The fraction of sp³-hybridized carbons (Fsp3) is 0.176. The van der Waals surface area contributed by atoms with E-state index in [1.54, 1.807) is 0 Å². The van der Waals surface area contributed by atoms with Crippen molar-refractivity contribution in [3.8, 4) is 0 Å². The van der Waals surface area contributed by atoms with Gasteiger partial charge >= 0.3 is 5.97 Å². The van der Waals surface area contributed by atoms with E-state index in [9.17, 15) is 24.1 Å². The van der Waals surface area contributed by atoms with E-state index >= 15 is 0 Å². The second kappa shape index (κ2) is 8.45. The molecule has 0 aliphatic heterocycles. The van der Waals surface area contributed by atoms with Gasteiger partial charge in [0.15, 0.2) is 6.10 Å². The van der Waals surface area contributed by atoms with E-state index < -0.39 is 28.7 Å². The number of amides is 1. The number of rotatable bonds is 6. The van der Waals surface area contributed by atoms with Gasteiger partial charge in [0.2, 0.25) is 0 Å². The Morgan fingerprint density at radius 2 is 1.89 bits per heavy atom.